The summed E-state index contributed by atoms with van der Waals surface area (Å²) in [5.74, 6) is 2.01. The predicted molar refractivity (Wildman–Crippen MR) is 58.1 cm³/mol. The van der Waals surface area contributed by atoms with E-state index in [0.717, 1.165) is 11.8 Å². The van der Waals surface area contributed by atoms with Crippen molar-refractivity contribution in [2.24, 2.45) is 17.6 Å². The molecule has 0 spiro atoms. The molecule has 1 saturated carbocycles. The van der Waals surface area contributed by atoms with Crippen molar-refractivity contribution in [3.05, 3.63) is 29.8 Å². The summed E-state index contributed by atoms with van der Waals surface area (Å²) in [4.78, 5) is 2.50. The highest BCUT2D eigenvalue weighted by molar-refractivity contribution is 5.49. The minimum Gasteiger partial charge on any atom is -0.371 e. The van der Waals surface area contributed by atoms with E-state index in [0.29, 0.717) is 6.54 Å². The van der Waals surface area contributed by atoms with Gasteiger partial charge in [0.2, 0.25) is 0 Å². The van der Waals surface area contributed by atoms with Gasteiger partial charge >= 0.3 is 0 Å². The summed E-state index contributed by atoms with van der Waals surface area (Å²) in [5.41, 5.74) is 8.16. The lowest BCUT2D eigenvalue weighted by Crippen LogP contribution is -2.21. The van der Waals surface area contributed by atoms with E-state index in [1.54, 1.807) is 0 Å². The van der Waals surface area contributed by atoms with Crippen molar-refractivity contribution in [3.8, 4) is 0 Å². The van der Waals surface area contributed by atoms with Crippen molar-refractivity contribution in [1.82, 2.24) is 0 Å². The first-order valence-corrected chi connectivity index (χ1v) is 5.41. The van der Waals surface area contributed by atoms with E-state index in [2.05, 4.69) is 29.2 Å². The van der Waals surface area contributed by atoms with E-state index >= 15 is 0 Å². The van der Waals surface area contributed by atoms with Gasteiger partial charge in [0.1, 0.15) is 0 Å². The zero-order valence-corrected chi connectivity index (χ0v) is 8.32. The summed E-state index contributed by atoms with van der Waals surface area (Å²) < 4.78 is 0. The van der Waals surface area contributed by atoms with Crippen LogP contribution >= 0.6 is 0 Å². The smallest absolute Gasteiger partial charge is 0.0366 e. The molecule has 3 rings (SSSR count). The first kappa shape index (κ1) is 8.30. The fraction of sp³-hybridized carbons (Fsp3) is 0.500. The largest absolute Gasteiger partial charge is 0.371 e. The summed E-state index contributed by atoms with van der Waals surface area (Å²) in [7, 11) is 0. The van der Waals surface area contributed by atoms with E-state index in [4.69, 9.17) is 5.73 Å². The molecule has 0 bridgehead atoms. The molecule has 1 heterocycles. The van der Waals surface area contributed by atoms with Gasteiger partial charge in [-0.05, 0) is 36.0 Å². The highest BCUT2D eigenvalue weighted by atomic mass is 15.2. The zero-order valence-electron chi connectivity index (χ0n) is 8.32. The van der Waals surface area contributed by atoms with Crippen LogP contribution in [0.4, 0.5) is 5.69 Å². The maximum Gasteiger partial charge on any atom is 0.0366 e. The van der Waals surface area contributed by atoms with Crippen molar-refractivity contribution < 1.29 is 0 Å². The van der Waals surface area contributed by atoms with Gasteiger partial charge in [-0.15, -0.1) is 0 Å². The van der Waals surface area contributed by atoms with Crippen LogP contribution in [0.5, 0.6) is 0 Å². The Hall–Kier alpha value is -1.02. The number of rotatable bonds is 2. The second-order valence-corrected chi connectivity index (χ2v) is 4.53. The summed E-state index contributed by atoms with van der Waals surface area (Å²) in [6.07, 6.45) is 1.47. The van der Waals surface area contributed by atoms with Crippen molar-refractivity contribution >= 4 is 5.69 Å². The third kappa shape index (κ3) is 1.30. The first-order chi connectivity index (χ1) is 6.86. The normalized spacial score (nSPS) is 29.1. The van der Waals surface area contributed by atoms with Gasteiger partial charge in [-0.2, -0.15) is 0 Å². The second-order valence-electron chi connectivity index (χ2n) is 4.53. The molecule has 2 nitrogen and oxygen atoms in total. The van der Waals surface area contributed by atoms with E-state index in [9.17, 15) is 0 Å². The van der Waals surface area contributed by atoms with Crippen LogP contribution in [0, 0.1) is 11.8 Å². The molecule has 2 heteroatoms. The average molecular weight is 188 g/mol. The van der Waals surface area contributed by atoms with Gasteiger partial charge in [-0.3, -0.25) is 0 Å². The number of nitrogens with zero attached hydrogens (tertiary/aromatic N) is 1. The lowest BCUT2D eigenvalue weighted by molar-refractivity contribution is 0.819. The predicted octanol–water partition coefficient (Wildman–Crippen LogP) is 1.60. The fourth-order valence-electron chi connectivity index (χ4n) is 2.45. The second kappa shape index (κ2) is 2.99. The Morgan fingerprint density at radius 2 is 1.79 bits per heavy atom. The Labute approximate surface area is 84.7 Å². The van der Waals surface area contributed by atoms with Gasteiger partial charge in [0.25, 0.3) is 0 Å². The van der Waals surface area contributed by atoms with Gasteiger partial charge in [-0.25, -0.2) is 0 Å². The first-order valence-electron chi connectivity index (χ1n) is 5.41. The molecule has 2 aliphatic rings. The molecule has 14 heavy (non-hydrogen) atoms. The maximum absolute atomic E-state index is 5.57. The van der Waals surface area contributed by atoms with Crippen LogP contribution in [0.2, 0.25) is 0 Å². The van der Waals surface area contributed by atoms with Crippen LogP contribution in [-0.4, -0.2) is 13.1 Å². The Kier molecular flexibility index (Phi) is 1.77. The minimum atomic E-state index is 0.644. The van der Waals surface area contributed by atoms with Gasteiger partial charge < -0.3 is 10.6 Å². The molecule has 0 radical (unpaired) electrons. The van der Waals surface area contributed by atoms with Crippen molar-refractivity contribution in [3.63, 3.8) is 0 Å². The van der Waals surface area contributed by atoms with Crippen LogP contribution in [0.15, 0.2) is 24.3 Å². The monoisotopic (exact) mass is 188 g/mol. The molecule has 0 aromatic heterocycles. The molecule has 0 amide bonds. The lowest BCUT2D eigenvalue weighted by atomic mass is 10.2. The Balaban J connectivity index is 1.76. The molecule has 2 fully saturated rings. The third-order valence-electron chi connectivity index (χ3n) is 3.52. The lowest BCUT2D eigenvalue weighted by Gasteiger charge is -2.20. The van der Waals surface area contributed by atoms with Gasteiger partial charge in [0.05, 0.1) is 0 Å². The number of piperidine rings is 1. The molecular weight excluding hydrogens is 172 g/mol. The number of benzene rings is 1. The average Bonchev–Trinajstić information content (AvgIpc) is 2.86. The molecule has 2 unspecified atom stereocenters. The minimum absolute atomic E-state index is 0.644. The Morgan fingerprint density at radius 3 is 2.36 bits per heavy atom. The van der Waals surface area contributed by atoms with Crippen LogP contribution in [0.1, 0.15) is 12.0 Å². The number of hydrogen-bond donors (Lipinski definition) is 1. The number of nitrogens with two attached hydrogens (primary N) is 1. The molecule has 2 atom stereocenters. The topological polar surface area (TPSA) is 29.3 Å². The van der Waals surface area contributed by atoms with Gasteiger partial charge in [0.15, 0.2) is 0 Å². The quantitative estimate of drug-likeness (QED) is 0.764. The van der Waals surface area contributed by atoms with Crippen LogP contribution < -0.4 is 10.6 Å². The standard InChI is InChI=1S/C12H16N2/c13-6-9-1-3-12(4-2-9)14-7-10-5-11(10)8-14/h1-4,10-11H,5-8,13H2. The van der Waals surface area contributed by atoms with Crippen LogP contribution in [0.3, 0.4) is 0 Å². The molecule has 1 aliphatic carbocycles. The molecule has 1 saturated heterocycles. The zero-order chi connectivity index (χ0) is 9.54. The van der Waals surface area contributed by atoms with Crippen LogP contribution in [0.25, 0.3) is 0 Å². The highest BCUT2D eigenvalue weighted by Crippen LogP contribution is 2.46. The van der Waals surface area contributed by atoms with E-state index in [1.165, 1.54) is 30.8 Å². The SMILES string of the molecule is NCc1ccc(N2CC3CC3C2)cc1. The molecule has 1 aliphatic heterocycles. The maximum atomic E-state index is 5.57. The molecule has 1 aromatic rings. The molecule has 74 valence electrons. The highest BCUT2D eigenvalue weighted by Gasteiger charge is 2.44. The van der Waals surface area contributed by atoms with Crippen molar-refractivity contribution in [1.29, 1.82) is 0 Å². The molecule has 2 N–H and O–H groups in total. The Morgan fingerprint density at radius 1 is 1.14 bits per heavy atom. The molecule has 1 aromatic carbocycles. The number of anilines is 1. The van der Waals surface area contributed by atoms with Crippen LogP contribution in [-0.2, 0) is 6.54 Å². The van der Waals surface area contributed by atoms with Crippen molar-refractivity contribution in [2.45, 2.75) is 13.0 Å². The number of hydrogen-bond acceptors (Lipinski definition) is 2. The van der Waals surface area contributed by atoms with E-state index in [-0.39, 0.29) is 0 Å². The van der Waals surface area contributed by atoms with Gasteiger partial charge in [0, 0.05) is 25.3 Å². The summed E-state index contributed by atoms with van der Waals surface area (Å²) in [6.45, 7) is 3.19. The number of fused-ring (bicyclic) bond motifs is 1. The molecular formula is C12H16N2. The Bertz CT molecular complexity index is 321. The summed E-state index contributed by atoms with van der Waals surface area (Å²) >= 11 is 0. The summed E-state index contributed by atoms with van der Waals surface area (Å²) in [6, 6.07) is 8.68. The fourth-order valence-corrected chi connectivity index (χ4v) is 2.45. The van der Waals surface area contributed by atoms with Crippen molar-refractivity contribution in [2.75, 3.05) is 18.0 Å². The summed E-state index contributed by atoms with van der Waals surface area (Å²) in [5, 5.41) is 0. The van der Waals surface area contributed by atoms with E-state index in [1.807, 2.05) is 0 Å². The van der Waals surface area contributed by atoms with E-state index < -0.39 is 0 Å². The van der Waals surface area contributed by atoms with Gasteiger partial charge in [-0.1, -0.05) is 12.1 Å². The third-order valence-corrected chi connectivity index (χ3v) is 3.52.